The summed E-state index contributed by atoms with van der Waals surface area (Å²) < 4.78 is 2.02. The van der Waals surface area contributed by atoms with Crippen LogP contribution in [0.1, 0.15) is 24.8 Å². The lowest BCUT2D eigenvalue weighted by molar-refractivity contribution is -0.117. The lowest BCUT2D eigenvalue weighted by atomic mass is 9.95. The number of amides is 1. The van der Waals surface area contributed by atoms with Gasteiger partial charge >= 0.3 is 0 Å². The Labute approximate surface area is 156 Å². The van der Waals surface area contributed by atoms with Crippen LogP contribution < -0.4 is 5.32 Å². The van der Waals surface area contributed by atoms with Crippen LogP contribution in [0.3, 0.4) is 0 Å². The van der Waals surface area contributed by atoms with E-state index in [0.717, 1.165) is 33.9 Å². The van der Waals surface area contributed by atoms with Gasteiger partial charge in [-0.05, 0) is 24.1 Å². The van der Waals surface area contributed by atoms with Crippen LogP contribution in [-0.4, -0.2) is 15.3 Å². The molecule has 2 aromatic heterocycles. The largest absolute Gasteiger partial charge is 0.326 e. The Hall–Kier alpha value is -2.92. The topological polar surface area (TPSA) is 46.4 Å². The SMILES string of the molecule is CC[C@@H](C(=O)Nc1ccc(-c2cn3ccsc3n2)cc1)c1ccccc1. The first-order valence-electron chi connectivity index (χ1n) is 8.63. The summed E-state index contributed by atoms with van der Waals surface area (Å²) in [5.41, 5.74) is 3.82. The van der Waals surface area contributed by atoms with E-state index in [-0.39, 0.29) is 11.8 Å². The van der Waals surface area contributed by atoms with Gasteiger partial charge in [0.2, 0.25) is 5.91 Å². The third-order valence-electron chi connectivity index (χ3n) is 4.47. The van der Waals surface area contributed by atoms with E-state index in [2.05, 4.69) is 10.3 Å². The number of aromatic nitrogens is 2. The van der Waals surface area contributed by atoms with Gasteiger partial charge in [0.05, 0.1) is 11.6 Å². The zero-order chi connectivity index (χ0) is 17.9. The van der Waals surface area contributed by atoms with Crippen LogP contribution in [-0.2, 0) is 4.79 Å². The molecule has 4 rings (SSSR count). The van der Waals surface area contributed by atoms with Crippen molar-refractivity contribution in [1.29, 1.82) is 0 Å². The fraction of sp³-hybridized carbons (Fsp3) is 0.143. The van der Waals surface area contributed by atoms with E-state index >= 15 is 0 Å². The Morgan fingerprint density at radius 1 is 1.15 bits per heavy atom. The highest BCUT2D eigenvalue weighted by Crippen LogP contribution is 2.25. The molecule has 0 unspecified atom stereocenters. The number of imidazole rings is 1. The molecule has 1 atom stereocenters. The molecular weight excluding hydrogens is 342 g/mol. The predicted octanol–water partition coefficient (Wildman–Crippen LogP) is 5.20. The minimum Gasteiger partial charge on any atom is -0.326 e. The third kappa shape index (κ3) is 3.26. The van der Waals surface area contributed by atoms with E-state index in [4.69, 9.17) is 0 Å². The highest BCUT2D eigenvalue weighted by Gasteiger charge is 2.18. The van der Waals surface area contributed by atoms with Crippen LogP contribution in [0.25, 0.3) is 16.2 Å². The van der Waals surface area contributed by atoms with E-state index in [9.17, 15) is 4.79 Å². The first kappa shape index (κ1) is 16.5. The maximum Gasteiger partial charge on any atom is 0.231 e. The molecule has 0 aliphatic heterocycles. The summed E-state index contributed by atoms with van der Waals surface area (Å²) in [5.74, 6) is -0.121. The Bertz CT molecular complexity index is 990. The zero-order valence-electron chi connectivity index (χ0n) is 14.4. The standard InChI is InChI=1S/C21H19N3OS/c1-2-18(15-6-4-3-5-7-15)20(25)22-17-10-8-16(9-11-17)19-14-24-12-13-26-21(24)23-19/h3-14,18H,2H2,1H3,(H,22,25)/t18-/m1/s1. The van der Waals surface area contributed by atoms with Crippen molar-refractivity contribution in [1.82, 2.24) is 9.38 Å². The fourth-order valence-corrected chi connectivity index (χ4v) is 3.78. The molecule has 0 bridgehead atoms. The number of hydrogen-bond acceptors (Lipinski definition) is 3. The van der Waals surface area contributed by atoms with E-state index in [1.165, 1.54) is 0 Å². The second kappa shape index (κ2) is 7.14. The molecule has 26 heavy (non-hydrogen) atoms. The number of rotatable bonds is 5. The van der Waals surface area contributed by atoms with E-state index in [1.54, 1.807) is 11.3 Å². The summed E-state index contributed by atoms with van der Waals surface area (Å²) >= 11 is 1.61. The molecule has 0 saturated heterocycles. The van der Waals surface area contributed by atoms with Gasteiger partial charge in [0.25, 0.3) is 0 Å². The van der Waals surface area contributed by atoms with Gasteiger partial charge in [-0.25, -0.2) is 4.98 Å². The number of nitrogens with one attached hydrogen (secondary N) is 1. The van der Waals surface area contributed by atoms with Gasteiger partial charge in [-0.15, -0.1) is 11.3 Å². The monoisotopic (exact) mass is 361 g/mol. The van der Waals surface area contributed by atoms with Gasteiger partial charge in [-0.1, -0.05) is 49.4 Å². The molecule has 0 spiro atoms. The number of benzene rings is 2. The average Bonchev–Trinajstić information content (AvgIpc) is 3.26. The predicted molar refractivity (Wildman–Crippen MR) is 107 cm³/mol. The Kier molecular flexibility index (Phi) is 4.54. The van der Waals surface area contributed by atoms with Crippen molar-refractivity contribution in [3.8, 4) is 11.3 Å². The summed E-state index contributed by atoms with van der Waals surface area (Å²) in [4.78, 5) is 18.2. The van der Waals surface area contributed by atoms with Gasteiger partial charge in [0.15, 0.2) is 4.96 Å². The molecule has 4 aromatic rings. The summed E-state index contributed by atoms with van der Waals surface area (Å²) in [6.45, 7) is 2.03. The second-order valence-corrected chi connectivity index (χ2v) is 7.03. The summed E-state index contributed by atoms with van der Waals surface area (Å²) in [7, 11) is 0. The fourth-order valence-electron chi connectivity index (χ4n) is 3.08. The maximum absolute atomic E-state index is 12.7. The second-order valence-electron chi connectivity index (χ2n) is 6.16. The van der Waals surface area contributed by atoms with E-state index in [0.29, 0.717) is 0 Å². The van der Waals surface area contributed by atoms with Crippen LogP contribution in [0.4, 0.5) is 5.69 Å². The summed E-state index contributed by atoms with van der Waals surface area (Å²) in [6.07, 6.45) is 4.78. The Balaban J connectivity index is 1.50. The van der Waals surface area contributed by atoms with Gasteiger partial charge in [-0.2, -0.15) is 0 Å². The number of carbonyl (C=O) groups is 1. The van der Waals surface area contributed by atoms with Gasteiger partial charge in [0, 0.05) is 29.0 Å². The van der Waals surface area contributed by atoms with Crippen molar-refractivity contribution in [3.63, 3.8) is 0 Å². The van der Waals surface area contributed by atoms with Crippen LogP contribution in [0.2, 0.25) is 0 Å². The first-order valence-corrected chi connectivity index (χ1v) is 9.51. The molecule has 0 aliphatic rings. The van der Waals surface area contributed by atoms with Crippen LogP contribution in [0.15, 0.2) is 72.4 Å². The molecule has 5 heteroatoms. The maximum atomic E-state index is 12.7. The quantitative estimate of drug-likeness (QED) is 0.531. The van der Waals surface area contributed by atoms with E-state index < -0.39 is 0 Å². The molecule has 1 amide bonds. The van der Waals surface area contributed by atoms with Crippen molar-refractivity contribution >= 4 is 27.9 Å². The molecule has 0 radical (unpaired) electrons. The number of thiazole rings is 1. The normalized spacial score (nSPS) is 12.2. The summed E-state index contributed by atoms with van der Waals surface area (Å²) in [6, 6.07) is 17.7. The summed E-state index contributed by atoms with van der Waals surface area (Å²) in [5, 5.41) is 5.04. The minimum atomic E-state index is -0.143. The minimum absolute atomic E-state index is 0.0222. The zero-order valence-corrected chi connectivity index (χ0v) is 15.2. The first-order chi connectivity index (χ1) is 12.7. The average molecular weight is 361 g/mol. The van der Waals surface area contributed by atoms with Crippen LogP contribution in [0.5, 0.6) is 0 Å². The molecule has 1 N–H and O–H groups in total. The van der Waals surface area contributed by atoms with Gasteiger partial charge in [0.1, 0.15) is 0 Å². The van der Waals surface area contributed by atoms with Gasteiger partial charge < -0.3 is 5.32 Å². The molecular formula is C21H19N3OS. The van der Waals surface area contributed by atoms with Crippen LogP contribution in [0, 0.1) is 0 Å². The van der Waals surface area contributed by atoms with Crippen molar-refractivity contribution in [3.05, 3.63) is 77.9 Å². The number of nitrogens with zero attached hydrogens (tertiary/aromatic N) is 2. The Morgan fingerprint density at radius 3 is 2.62 bits per heavy atom. The van der Waals surface area contributed by atoms with Crippen molar-refractivity contribution in [2.75, 3.05) is 5.32 Å². The molecule has 0 aliphatic carbocycles. The smallest absolute Gasteiger partial charge is 0.231 e. The van der Waals surface area contributed by atoms with Gasteiger partial charge in [-0.3, -0.25) is 9.20 Å². The molecule has 4 nitrogen and oxygen atoms in total. The van der Waals surface area contributed by atoms with Crippen molar-refractivity contribution < 1.29 is 4.79 Å². The molecule has 130 valence electrons. The molecule has 0 saturated carbocycles. The van der Waals surface area contributed by atoms with Crippen LogP contribution >= 0.6 is 11.3 Å². The lowest BCUT2D eigenvalue weighted by Gasteiger charge is -2.15. The van der Waals surface area contributed by atoms with Crippen molar-refractivity contribution in [2.45, 2.75) is 19.3 Å². The number of anilines is 1. The number of carbonyl (C=O) groups excluding carboxylic acids is 1. The molecule has 0 fully saturated rings. The van der Waals surface area contributed by atoms with Crippen molar-refractivity contribution in [2.24, 2.45) is 0 Å². The Morgan fingerprint density at radius 2 is 1.92 bits per heavy atom. The molecule has 2 aromatic carbocycles. The van der Waals surface area contributed by atoms with E-state index in [1.807, 2.05) is 83.7 Å². The highest BCUT2D eigenvalue weighted by atomic mass is 32.1. The molecule has 2 heterocycles. The number of fused-ring (bicyclic) bond motifs is 1. The number of hydrogen-bond donors (Lipinski definition) is 1. The highest BCUT2D eigenvalue weighted by molar-refractivity contribution is 7.15. The lowest BCUT2D eigenvalue weighted by Crippen LogP contribution is -2.20. The third-order valence-corrected chi connectivity index (χ3v) is 5.24.